The van der Waals surface area contributed by atoms with Crippen molar-refractivity contribution in [1.29, 1.82) is 0 Å². The van der Waals surface area contributed by atoms with E-state index >= 15 is 0 Å². The van der Waals surface area contributed by atoms with Crippen LogP contribution in [-0.2, 0) is 0 Å². The van der Waals surface area contributed by atoms with E-state index in [1.807, 2.05) is 7.05 Å². The highest BCUT2D eigenvalue weighted by atomic mass is 14.8. The summed E-state index contributed by atoms with van der Waals surface area (Å²) in [6.07, 6.45) is 1.07. The van der Waals surface area contributed by atoms with Crippen LogP contribution >= 0.6 is 0 Å². The number of hydrogen-bond donors (Lipinski definition) is 2. The predicted molar refractivity (Wildman–Crippen MR) is 41.4 cm³/mol. The van der Waals surface area contributed by atoms with Gasteiger partial charge in [-0.25, -0.2) is 0 Å². The van der Waals surface area contributed by atoms with Crippen molar-refractivity contribution in [1.82, 2.24) is 5.32 Å². The molecule has 2 atom stereocenters. The van der Waals surface area contributed by atoms with E-state index in [4.69, 9.17) is 5.73 Å². The molecule has 0 fully saturated rings. The normalized spacial score (nSPS) is 17.3. The van der Waals surface area contributed by atoms with Gasteiger partial charge in [-0.3, -0.25) is 0 Å². The maximum atomic E-state index is 5.76. The van der Waals surface area contributed by atoms with Crippen LogP contribution in [0.25, 0.3) is 0 Å². The molecule has 0 bridgehead atoms. The first-order chi connectivity index (χ1) is 4.22. The molecule has 2 nitrogen and oxygen atoms in total. The molecule has 0 aliphatic heterocycles. The molecular formula is C7H18N2. The van der Waals surface area contributed by atoms with Gasteiger partial charge in [-0.2, -0.15) is 0 Å². The van der Waals surface area contributed by atoms with E-state index in [-0.39, 0.29) is 0 Å². The standard InChI is InChI=1S/C7H18N2/c1-4-7(8)6(2)5-9-3/h6-7,9H,4-5,8H2,1-3H3. The van der Waals surface area contributed by atoms with Crippen molar-refractivity contribution in [3.63, 3.8) is 0 Å². The molecule has 0 aromatic carbocycles. The summed E-state index contributed by atoms with van der Waals surface area (Å²) in [6.45, 7) is 5.32. The van der Waals surface area contributed by atoms with Gasteiger partial charge >= 0.3 is 0 Å². The van der Waals surface area contributed by atoms with Gasteiger partial charge in [0.15, 0.2) is 0 Å². The monoisotopic (exact) mass is 130 g/mol. The molecule has 0 rings (SSSR count). The Kier molecular flexibility index (Phi) is 4.72. The largest absolute Gasteiger partial charge is 0.327 e. The Morgan fingerprint density at radius 3 is 2.44 bits per heavy atom. The minimum Gasteiger partial charge on any atom is -0.327 e. The first-order valence-corrected chi connectivity index (χ1v) is 3.62. The molecule has 0 heterocycles. The average Bonchev–Trinajstić information content (AvgIpc) is 1.87. The zero-order valence-corrected chi connectivity index (χ0v) is 6.65. The molecule has 0 aliphatic rings. The molecule has 0 aliphatic carbocycles. The lowest BCUT2D eigenvalue weighted by Gasteiger charge is -2.16. The zero-order chi connectivity index (χ0) is 7.28. The van der Waals surface area contributed by atoms with Crippen molar-refractivity contribution in [3.8, 4) is 0 Å². The fourth-order valence-electron chi connectivity index (χ4n) is 0.876. The fraction of sp³-hybridized carbons (Fsp3) is 1.00. The molecule has 2 unspecified atom stereocenters. The molecule has 56 valence electrons. The third-order valence-electron chi connectivity index (χ3n) is 1.73. The van der Waals surface area contributed by atoms with Gasteiger partial charge in [0.2, 0.25) is 0 Å². The summed E-state index contributed by atoms with van der Waals surface area (Å²) in [4.78, 5) is 0. The molecular weight excluding hydrogens is 112 g/mol. The van der Waals surface area contributed by atoms with E-state index < -0.39 is 0 Å². The molecule has 0 radical (unpaired) electrons. The van der Waals surface area contributed by atoms with Crippen LogP contribution in [0.4, 0.5) is 0 Å². The van der Waals surface area contributed by atoms with Crippen molar-refractivity contribution in [2.24, 2.45) is 11.7 Å². The zero-order valence-electron chi connectivity index (χ0n) is 6.65. The van der Waals surface area contributed by atoms with E-state index in [2.05, 4.69) is 19.2 Å². The summed E-state index contributed by atoms with van der Waals surface area (Å²) < 4.78 is 0. The van der Waals surface area contributed by atoms with Gasteiger partial charge in [0.1, 0.15) is 0 Å². The lowest BCUT2D eigenvalue weighted by atomic mass is 10.0. The minimum atomic E-state index is 0.359. The molecule has 3 N–H and O–H groups in total. The number of rotatable bonds is 4. The summed E-state index contributed by atoms with van der Waals surface area (Å²) in [5.41, 5.74) is 5.76. The van der Waals surface area contributed by atoms with Crippen LogP contribution in [0.2, 0.25) is 0 Å². The van der Waals surface area contributed by atoms with E-state index in [1.54, 1.807) is 0 Å². The Balaban J connectivity index is 3.32. The van der Waals surface area contributed by atoms with Crippen LogP contribution in [0.3, 0.4) is 0 Å². The van der Waals surface area contributed by atoms with Crippen molar-refractivity contribution in [3.05, 3.63) is 0 Å². The lowest BCUT2D eigenvalue weighted by molar-refractivity contribution is 0.429. The van der Waals surface area contributed by atoms with Crippen LogP contribution in [0.5, 0.6) is 0 Å². The Morgan fingerprint density at radius 1 is 1.56 bits per heavy atom. The Morgan fingerprint density at radius 2 is 2.11 bits per heavy atom. The molecule has 0 amide bonds. The van der Waals surface area contributed by atoms with Crippen LogP contribution in [0.1, 0.15) is 20.3 Å². The van der Waals surface area contributed by atoms with Crippen molar-refractivity contribution in [2.75, 3.05) is 13.6 Å². The predicted octanol–water partition coefficient (Wildman–Crippen LogP) is 0.579. The molecule has 0 aromatic rings. The van der Waals surface area contributed by atoms with Crippen molar-refractivity contribution in [2.45, 2.75) is 26.3 Å². The van der Waals surface area contributed by atoms with E-state index in [9.17, 15) is 0 Å². The maximum absolute atomic E-state index is 5.76. The smallest absolute Gasteiger partial charge is 0.00740 e. The van der Waals surface area contributed by atoms with Gasteiger partial charge in [-0.05, 0) is 25.9 Å². The Hall–Kier alpha value is -0.0800. The van der Waals surface area contributed by atoms with Gasteiger partial charge in [0.05, 0.1) is 0 Å². The second-order valence-corrected chi connectivity index (χ2v) is 2.61. The summed E-state index contributed by atoms with van der Waals surface area (Å²) in [5.74, 6) is 0.597. The van der Waals surface area contributed by atoms with E-state index in [1.165, 1.54) is 0 Å². The van der Waals surface area contributed by atoms with Crippen LogP contribution in [0.15, 0.2) is 0 Å². The van der Waals surface area contributed by atoms with E-state index in [0.29, 0.717) is 12.0 Å². The minimum absolute atomic E-state index is 0.359. The number of hydrogen-bond acceptors (Lipinski definition) is 2. The average molecular weight is 130 g/mol. The second kappa shape index (κ2) is 4.77. The molecule has 0 spiro atoms. The quantitative estimate of drug-likeness (QED) is 0.584. The first kappa shape index (κ1) is 8.92. The van der Waals surface area contributed by atoms with Crippen LogP contribution in [0, 0.1) is 5.92 Å². The van der Waals surface area contributed by atoms with Gasteiger partial charge in [-0.1, -0.05) is 13.8 Å². The van der Waals surface area contributed by atoms with Crippen LogP contribution in [-0.4, -0.2) is 19.6 Å². The SMILES string of the molecule is CCC(N)C(C)CNC. The van der Waals surface area contributed by atoms with Gasteiger partial charge in [-0.15, -0.1) is 0 Å². The highest BCUT2D eigenvalue weighted by Crippen LogP contribution is 2.01. The summed E-state index contributed by atoms with van der Waals surface area (Å²) >= 11 is 0. The van der Waals surface area contributed by atoms with Gasteiger partial charge in [0.25, 0.3) is 0 Å². The second-order valence-electron chi connectivity index (χ2n) is 2.61. The highest BCUT2D eigenvalue weighted by molar-refractivity contribution is 4.67. The first-order valence-electron chi connectivity index (χ1n) is 3.62. The van der Waals surface area contributed by atoms with Crippen molar-refractivity contribution < 1.29 is 0 Å². The highest BCUT2D eigenvalue weighted by Gasteiger charge is 2.07. The topological polar surface area (TPSA) is 38.0 Å². The third kappa shape index (κ3) is 3.49. The molecule has 2 heteroatoms. The van der Waals surface area contributed by atoms with Crippen LogP contribution < -0.4 is 11.1 Å². The Labute approximate surface area is 57.8 Å². The fourth-order valence-corrected chi connectivity index (χ4v) is 0.876. The molecule has 0 aromatic heterocycles. The maximum Gasteiger partial charge on any atom is 0.00740 e. The molecule has 0 saturated heterocycles. The summed E-state index contributed by atoms with van der Waals surface area (Å²) in [6, 6.07) is 0.359. The number of nitrogens with one attached hydrogen (secondary N) is 1. The van der Waals surface area contributed by atoms with Crippen molar-refractivity contribution >= 4 is 0 Å². The van der Waals surface area contributed by atoms with E-state index in [0.717, 1.165) is 13.0 Å². The van der Waals surface area contributed by atoms with Gasteiger partial charge in [0, 0.05) is 6.04 Å². The summed E-state index contributed by atoms with van der Waals surface area (Å²) in [5, 5.41) is 3.10. The lowest BCUT2D eigenvalue weighted by Crippen LogP contribution is -2.33. The third-order valence-corrected chi connectivity index (χ3v) is 1.73. The summed E-state index contributed by atoms with van der Waals surface area (Å²) in [7, 11) is 1.96. The Bertz CT molecular complexity index is 63.9. The number of nitrogens with two attached hydrogens (primary N) is 1. The molecule has 0 saturated carbocycles. The van der Waals surface area contributed by atoms with Gasteiger partial charge < -0.3 is 11.1 Å². The molecule has 9 heavy (non-hydrogen) atoms.